The Morgan fingerprint density at radius 2 is 1.96 bits per heavy atom. The Kier molecular flexibility index (Phi) is 4.81. The molecule has 0 amide bonds. The molecule has 0 aromatic carbocycles. The van der Waals surface area contributed by atoms with Crippen molar-refractivity contribution >= 4 is 21.4 Å². The van der Waals surface area contributed by atoms with E-state index in [0.717, 1.165) is 11.3 Å². The van der Waals surface area contributed by atoms with E-state index >= 15 is 0 Å². The first-order chi connectivity index (χ1) is 11.0. The average molecular weight is 356 g/mol. The number of nitrogens with zero attached hydrogens (tertiary/aromatic N) is 4. The fourth-order valence-corrected chi connectivity index (χ4v) is 5.41. The van der Waals surface area contributed by atoms with Gasteiger partial charge in [-0.1, -0.05) is 6.92 Å². The van der Waals surface area contributed by atoms with Crippen LogP contribution in [0.25, 0.3) is 0 Å². The molecule has 0 unspecified atom stereocenters. The lowest BCUT2D eigenvalue weighted by Gasteiger charge is -2.32. The van der Waals surface area contributed by atoms with Crippen LogP contribution >= 0.6 is 11.3 Å². The summed E-state index contributed by atoms with van der Waals surface area (Å²) in [5, 5.41) is 7.79. The van der Waals surface area contributed by atoms with Gasteiger partial charge in [0, 0.05) is 38.0 Å². The summed E-state index contributed by atoms with van der Waals surface area (Å²) in [7, 11) is -3.37. The molecule has 0 aliphatic carbocycles. The third-order valence-corrected chi connectivity index (χ3v) is 7.43. The molecule has 23 heavy (non-hydrogen) atoms. The van der Waals surface area contributed by atoms with Crippen molar-refractivity contribution in [2.45, 2.75) is 31.0 Å². The minimum atomic E-state index is -3.37. The Labute approximate surface area is 140 Å². The molecule has 9 heteroatoms. The van der Waals surface area contributed by atoms with E-state index in [0.29, 0.717) is 48.7 Å². The van der Waals surface area contributed by atoms with Crippen LogP contribution in [0.3, 0.4) is 0 Å². The molecule has 0 bridgehead atoms. The Morgan fingerprint density at radius 3 is 2.52 bits per heavy atom. The van der Waals surface area contributed by atoms with Crippen molar-refractivity contribution in [3.8, 4) is 0 Å². The van der Waals surface area contributed by atoms with Crippen molar-refractivity contribution in [2.75, 3.05) is 26.2 Å². The zero-order valence-electron chi connectivity index (χ0n) is 13.2. The fourth-order valence-electron chi connectivity index (χ4n) is 2.53. The van der Waals surface area contributed by atoms with Crippen LogP contribution in [0, 0.1) is 6.92 Å². The molecule has 0 radical (unpaired) electrons. The maximum atomic E-state index is 12.7. The van der Waals surface area contributed by atoms with Crippen molar-refractivity contribution in [2.24, 2.45) is 0 Å². The molecule has 0 saturated carbocycles. The van der Waals surface area contributed by atoms with E-state index in [1.807, 2.05) is 13.0 Å². The summed E-state index contributed by atoms with van der Waals surface area (Å²) in [6.45, 7) is 6.63. The van der Waals surface area contributed by atoms with Gasteiger partial charge >= 0.3 is 0 Å². The van der Waals surface area contributed by atoms with Gasteiger partial charge in [-0.3, -0.25) is 4.90 Å². The summed E-state index contributed by atoms with van der Waals surface area (Å²) in [5.41, 5.74) is 0. The second-order valence-corrected chi connectivity index (χ2v) is 8.80. The van der Waals surface area contributed by atoms with Gasteiger partial charge in [0.1, 0.15) is 4.21 Å². The van der Waals surface area contributed by atoms with Crippen molar-refractivity contribution in [1.82, 2.24) is 19.4 Å². The second kappa shape index (κ2) is 6.68. The SMILES string of the molecule is CCc1ccc(S(=O)(=O)N2CCN(Cc3nnc(C)o3)CC2)s1. The first-order valence-corrected chi connectivity index (χ1v) is 9.85. The lowest BCUT2D eigenvalue weighted by Crippen LogP contribution is -2.48. The van der Waals surface area contributed by atoms with Gasteiger partial charge in [0.25, 0.3) is 10.0 Å². The lowest BCUT2D eigenvalue weighted by molar-refractivity contribution is 0.168. The summed E-state index contributed by atoms with van der Waals surface area (Å²) >= 11 is 1.36. The predicted molar refractivity (Wildman–Crippen MR) is 86.8 cm³/mol. The van der Waals surface area contributed by atoms with E-state index in [-0.39, 0.29) is 0 Å². The zero-order chi connectivity index (χ0) is 16.4. The number of hydrogen-bond donors (Lipinski definition) is 0. The molecule has 2 aromatic heterocycles. The van der Waals surface area contributed by atoms with Crippen LogP contribution < -0.4 is 0 Å². The second-order valence-electron chi connectivity index (χ2n) is 5.47. The summed E-state index contributed by atoms with van der Waals surface area (Å²) in [6.07, 6.45) is 0.859. The first-order valence-electron chi connectivity index (χ1n) is 7.59. The number of aryl methyl sites for hydroxylation is 2. The molecule has 126 valence electrons. The molecule has 7 nitrogen and oxygen atoms in total. The number of piperazine rings is 1. The molecule has 1 aliphatic rings. The molecule has 1 aliphatic heterocycles. The summed E-state index contributed by atoms with van der Waals surface area (Å²) in [6, 6.07) is 3.61. The molecule has 0 spiro atoms. The van der Waals surface area contributed by atoms with Crippen LogP contribution in [0.4, 0.5) is 0 Å². The van der Waals surface area contributed by atoms with E-state index < -0.39 is 10.0 Å². The topological polar surface area (TPSA) is 79.5 Å². The quantitative estimate of drug-likeness (QED) is 0.808. The van der Waals surface area contributed by atoms with Gasteiger partial charge < -0.3 is 4.42 Å². The lowest BCUT2D eigenvalue weighted by atomic mass is 10.3. The van der Waals surface area contributed by atoms with Gasteiger partial charge in [-0.2, -0.15) is 4.31 Å². The minimum absolute atomic E-state index is 0.440. The molecule has 3 rings (SSSR count). The molecule has 2 aromatic rings. The van der Waals surface area contributed by atoms with E-state index in [1.54, 1.807) is 17.3 Å². The molecular weight excluding hydrogens is 336 g/mol. The van der Waals surface area contributed by atoms with Crippen LogP contribution in [0.15, 0.2) is 20.8 Å². The van der Waals surface area contributed by atoms with E-state index in [1.165, 1.54) is 11.3 Å². The number of thiophene rings is 1. The molecule has 1 saturated heterocycles. The van der Waals surface area contributed by atoms with E-state index in [9.17, 15) is 8.42 Å². The summed E-state index contributed by atoms with van der Waals surface area (Å²) in [5.74, 6) is 1.12. The molecule has 1 fully saturated rings. The highest BCUT2D eigenvalue weighted by Gasteiger charge is 2.30. The van der Waals surface area contributed by atoms with Crippen molar-refractivity contribution in [3.63, 3.8) is 0 Å². The monoisotopic (exact) mass is 356 g/mol. The number of sulfonamides is 1. The Hall–Kier alpha value is -1.29. The Balaban J connectivity index is 1.61. The molecular formula is C14H20N4O3S2. The molecule has 0 atom stereocenters. The number of aromatic nitrogens is 2. The van der Waals surface area contributed by atoms with Crippen LogP contribution in [0.2, 0.25) is 0 Å². The van der Waals surface area contributed by atoms with Gasteiger partial charge in [0.2, 0.25) is 11.8 Å². The largest absolute Gasteiger partial charge is 0.424 e. The van der Waals surface area contributed by atoms with E-state index in [4.69, 9.17) is 4.42 Å². The number of hydrogen-bond acceptors (Lipinski definition) is 7. The highest BCUT2D eigenvalue weighted by molar-refractivity contribution is 7.91. The van der Waals surface area contributed by atoms with Crippen LogP contribution in [0.1, 0.15) is 23.6 Å². The highest BCUT2D eigenvalue weighted by atomic mass is 32.2. The molecule has 0 N–H and O–H groups in total. The highest BCUT2D eigenvalue weighted by Crippen LogP contribution is 2.26. The third-order valence-electron chi connectivity index (χ3n) is 3.84. The van der Waals surface area contributed by atoms with Gasteiger partial charge in [0.05, 0.1) is 6.54 Å². The first kappa shape index (κ1) is 16.6. The van der Waals surface area contributed by atoms with Crippen LogP contribution in [-0.4, -0.2) is 54.0 Å². The normalized spacial score (nSPS) is 17.7. The standard InChI is InChI=1S/C14H20N4O3S2/c1-3-12-4-5-14(22-12)23(19,20)18-8-6-17(7-9-18)10-13-16-15-11(2)21-13/h4-5H,3,6-10H2,1-2H3. The maximum absolute atomic E-state index is 12.7. The fraction of sp³-hybridized carbons (Fsp3) is 0.571. The maximum Gasteiger partial charge on any atom is 0.252 e. The minimum Gasteiger partial charge on any atom is -0.424 e. The van der Waals surface area contributed by atoms with Crippen LogP contribution in [-0.2, 0) is 23.0 Å². The van der Waals surface area contributed by atoms with Gasteiger partial charge in [0.15, 0.2) is 0 Å². The van der Waals surface area contributed by atoms with E-state index in [2.05, 4.69) is 15.1 Å². The average Bonchev–Trinajstić information content (AvgIpc) is 3.17. The van der Waals surface area contributed by atoms with Gasteiger partial charge in [-0.25, -0.2) is 8.42 Å². The van der Waals surface area contributed by atoms with Crippen LogP contribution in [0.5, 0.6) is 0 Å². The van der Waals surface area contributed by atoms with Crippen molar-refractivity contribution in [3.05, 3.63) is 28.8 Å². The predicted octanol–water partition coefficient (Wildman–Crippen LogP) is 1.51. The van der Waals surface area contributed by atoms with Crippen molar-refractivity contribution in [1.29, 1.82) is 0 Å². The Bertz CT molecular complexity index is 761. The zero-order valence-corrected chi connectivity index (χ0v) is 14.9. The van der Waals surface area contributed by atoms with Gasteiger partial charge in [-0.15, -0.1) is 21.5 Å². The third kappa shape index (κ3) is 3.63. The number of rotatable bonds is 5. The van der Waals surface area contributed by atoms with Gasteiger partial charge in [-0.05, 0) is 18.6 Å². The van der Waals surface area contributed by atoms with Crippen molar-refractivity contribution < 1.29 is 12.8 Å². The summed E-state index contributed by atoms with van der Waals surface area (Å²) < 4.78 is 32.7. The Morgan fingerprint density at radius 1 is 1.22 bits per heavy atom. The smallest absolute Gasteiger partial charge is 0.252 e. The summed E-state index contributed by atoms with van der Waals surface area (Å²) in [4.78, 5) is 3.22. The molecule has 3 heterocycles.